The van der Waals surface area contributed by atoms with Crippen molar-refractivity contribution in [3.05, 3.63) is 60.2 Å². The van der Waals surface area contributed by atoms with Gasteiger partial charge in [0.25, 0.3) is 5.91 Å². The summed E-state index contributed by atoms with van der Waals surface area (Å²) in [5.41, 5.74) is 1.61. The molecule has 4 aliphatic rings. The van der Waals surface area contributed by atoms with Crippen LogP contribution in [0, 0.1) is 17.3 Å². The van der Waals surface area contributed by atoms with E-state index in [-0.39, 0.29) is 21.6 Å². The molecule has 4 aliphatic carbocycles. The van der Waals surface area contributed by atoms with Crippen LogP contribution in [0.3, 0.4) is 0 Å². The van der Waals surface area contributed by atoms with Crippen LogP contribution in [-0.4, -0.2) is 16.1 Å². The van der Waals surface area contributed by atoms with E-state index in [1.165, 1.54) is 19.3 Å². The number of halogens is 1. The van der Waals surface area contributed by atoms with Crippen molar-refractivity contribution in [2.45, 2.75) is 42.8 Å². The second-order valence-electron chi connectivity index (χ2n) is 9.21. The van der Waals surface area contributed by atoms with Crippen molar-refractivity contribution in [3.63, 3.8) is 0 Å². The molecule has 29 heavy (non-hydrogen) atoms. The molecule has 4 nitrogen and oxygen atoms in total. The van der Waals surface area contributed by atoms with Gasteiger partial charge in [-0.15, -0.1) is 0 Å². The summed E-state index contributed by atoms with van der Waals surface area (Å²) in [4.78, 5) is 26.1. The lowest BCUT2D eigenvalue weighted by atomic mass is 9.49. The maximum absolute atomic E-state index is 13.5. The van der Waals surface area contributed by atoms with Crippen molar-refractivity contribution >= 4 is 39.1 Å². The highest BCUT2D eigenvalue weighted by atomic mass is 79.9. The molecule has 150 valence electrons. The summed E-state index contributed by atoms with van der Waals surface area (Å²) in [6.45, 7) is 0. The zero-order valence-electron chi connectivity index (χ0n) is 16.3. The third kappa shape index (κ3) is 3.50. The molecular formula is C24H25BrN2O2. The van der Waals surface area contributed by atoms with Gasteiger partial charge in [0.1, 0.15) is 0 Å². The molecular weight excluding hydrogens is 428 g/mol. The number of carbonyl (C=O) groups is 2. The molecule has 0 saturated heterocycles. The van der Waals surface area contributed by atoms with Crippen LogP contribution in [-0.2, 0) is 4.79 Å². The van der Waals surface area contributed by atoms with E-state index in [4.69, 9.17) is 0 Å². The summed E-state index contributed by atoms with van der Waals surface area (Å²) in [6.07, 6.45) is 6.55. The van der Waals surface area contributed by atoms with Gasteiger partial charge in [-0.25, -0.2) is 0 Å². The lowest BCUT2D eigenvalue weighted by Gasteiger charge is -2.59. The molecule has 2 amide bonds. The molecule has 2 N–H and O–H groups in total. The third-order valence-corrected chi connectivity index (χ3v) is 7.86. The van der Waals surface area contributed by atoms with Crippen LogP contribution < -0.4 is 10.6 Å². The molecule has 5 heteroatoms. The molecule has 0 heterocycles. The maximum atomic E-state index is 13.5. The third-order valence-electron chi connectivity index (χ3n) is 6.93. The highest BCUT2D eigenvalue weighted by Crippen LogP contribution is 2.64. The SMILES string of the molecule is O=C(Nc1ccccc1NC(=O)C12CC3CC(CC(Br)(C3)C1)C2)c1ccccc1. The number of anilines is 2. The molecule has 2 unspecified atom stereocenters. The second-order valence-corrected chi connectivity index (χ2v) is 10.9. The maximum Gasteiger partial charge on any atom is 0.255 e. The van der Waals surface area contributed by atoms with Crippen molar-refractivity contribution in [1.82, 2.24) is 0 Å². The molecule has 2 atom stereocenters. The number of hydrogen-bond acceptors (Lipinski definition) is 2. The molecule has 0 spiro atoms. The lowest BCUT2D eigenvalue weighted by molar-refractivity contribution is -0.138. The van der Waals surface area contributed by atoms with Crippen LogP contribution in [0.4, 0.5) is 11.4 Å². The van der Waals surface area contributed by atoms with E-state index in [2.05, 4.69) is 26.6 Å². The highest BCUT2D eigenvalue weighted by Gasteiger charge is 2.59. The van der Waals surface area contributed by atoms with Gasteiger partial charge in [-0.1, -0.05) is 46.3 Å². The van der Waals surface area contributed by atoms with E-state index in [1.807, 2.05) is 42.5 Å². The van der Waals surface area contributed by atoms with Gasteiger partial charge >= 0.3 is 0 Å². The van der Waals surface area contributed by atoms with Crippen molar-refractivity contribution in [2.24, 2.45) is 17.3 Å². The van der Waals surface area contributed by atoms with Gasteiger partial charge in [0, 0.05) is 9.89 Å². The van der Waals surface area contributed by atoms with Gasteiger partial charge in [0.05, 0.1) is 16.8 Å². The number of para-hydroxylation sites is 2. The van der Waals surface area contributed by atoms with Crippen LogP contribution in [0.15, 0.2) is 54.6 Å². The van der Waals surface area contributed by atoms with Crippen LogP contribution >= 0.6 is 15.9 Å². The van der Waals surface area contributed by atoms with Crippen molar-refractivity contribution < 1.29 is 9.59 Å². The first kappa shape index (κ1) is 18.9. The van der Waals surface area contributed by atoms with E-state index in [0.717, 1.165) is 19.3 Å². The molecule has 4 bridgehead atoms. The average Bonchev–Trinajstić information content (AvgIpc) is 2.68. The Balaban J connectivity index is 1.36. The van der Waals surface area contributed by atoms with Crippen molar-refractivity contribution in [1.29, 1.82) is 0 Å². The van der Waals surface area contributed by atoms with E-state index < -0.39 is 0 Å². The molecule has 2 aromatic carbocycles. The van der Waals surface area contributed by atoms with Crippen LogP contribution in [0.1, 0.15) is 48.9 Å². The van der Waals surface area contributed by atoms with E-state index in [9.17, 15) is 9.59 Å². The van der Waals surface area contributed by atoms with Crippen molar-refractivity contribution in [3.8, 4) is 0 Å². The van der Waals surface area contributed by atoms with Gasteiger partial charge in [-0.05, 0) is 74.6 Å². The van der Waals surface area contributed by atoms with Gasteiger partial charge in [-0.2, -0.15) is 0 Å². The summed E-state index contributed by atoms with van der Waals surface area (Å²) in [5.74, 6) is 1.22. The Bertz CT molecular complexity index is 944. The fourth-order valence-corrected chi connectivity index (χ4v) is 7.61. The Hall–Kier alpha value is -2.14. The topological polar surface area (TPSA) is 58.2 Å². The molecule has 0 aliphatic heterocycles. The van der Waals surface area contributed by atoms with E-state index in [1.54, 1.807) is 12.1 Å². The average molecular weight is 453 g/mol. The zero-order valence-corrected chi connectivity index (χ0v) is 17.9. The standard InChI is InChI=1S/C24H25BrN2O2/c25-24-13-16-10-17(14-24)12-23(11-16,15-24)22(29)27-20-9-5-4-8-19(20)26-21(28)18-6-2-1-3-7-18/h1-9,16-17H,10-15H2,(H,26,28)(H,27,29). The minimum atomic E-state index is -0.288. The zero-order chi connectivity index (χ0) is 20.1. The number of benzene rings is 2. The number of rotatable bonds is 4. The Labute approximate surface area is 179 Å². The Morgan fingerprint density at radius 2 is 1.41 bits per heavy atom. The highest BCUT2D eigenvalue weighted by molar-refractivity contribution is 9.10. The first-order valence-corrected chi connectivity index (χ1v) is 11.2. The molecule has 4 fully saturated rings. The van der Waals surface area contributed by atoms with Crippen molar-refractivity contribution in [2.75, 3.05) is 10.6 Å². The molecule has 2 aromatic rings. The number of hydrogen-bond donors (Lipinski definition) is 2. The molecule has 4 saturated carbocycles. The normalized spacial score (nSPS) is 32.0. The smallest absolute Gasteiger partial charge is 0.255 e. The number of nitrogens with one attached hydrogen (secondary N) is 2. The largest absolute Gasteiger partial charge is 0.324 e. The number of carbonyl (C=O) groups excluding carboxylic acids is 2. The van der Waals surface area contributed by atoms with Crippen LogP contribution in [0.5, 0.6) is 0 Å². The predicted molar refractivity (Wildman–Crippen MR) is 118 cm³/mol. The summed E-state index contributed by atoms with van der Waals surface area (Å²) in [7, 11) is 0. The molecule has 0 aromatic heterocycles. The lowest BCUT2D eigenvalue weighted by Crippen LogP contribution is -2.57. The molecule has 0 radical (unpaired) electrons. The minimum Gasteiger partial charge on any atom is -0.324 e. The first-order valence-electron chi connectivity index (χ1n) is 10.4. The monoisotopic (exact) mass is 452 g/mol. The Kier molecular flexibility index (Phi) is 4.54. The first-order chi connectivity index (χ1) is 13.9. The fraction of sp³-hybridized carbons (Fsp3) is 0.417. The summed E-state index contributed by atoms with van der Waals surface area (Å²) < 4.78 is 0.134. The summed E-state index contributed by atoms with van der Waals surface area (Å²) >= 11 is 3.98. The van der Waals surface area contributed by atoms with Gasteiger partial charge < -0.3 is 10.6 Å². The number of amides is 2. The van der Waals surface area contributed by atoms with Gasteiger partial charge in [0.15, 0.2) is 0 Å². The predicted octanol–water partition coefficient (Wildman–Crippen LogP) is 5.61. The molecule has 6 rings (SSSR count). The summed E-state index contributed by atoms with van der Waals surface area (Å²) in [5, 5.41) is 6.12. The van der Waals surface area contributed by atoms with Gasteiger partial charge in [0.2, 0.25) is 5.91 Å². The van der Waals surface area contributed by atoms with E-state index >= 15 is 0 Å². The van der Waals surface area contributed by atoms with Gasteiger partial charge in [-0.3, -0.25) is 9.59 Å². The van der Waals surface area contributed by atoms with Crippen LogP contribution in [0.25, 0.3) is 0 Å². The summed E-state index contributed by atoms with van der Waals surface area (Å²) in [6, 6.07) is 16.6. The number of alkyl halides is 1. The Morgan fingerprint density at radius 3 is 2.03 bits per heavy atom. The van der Waals surface area contributed by atoms with Crippen LogP contribution in [0.2, 0.25) is 0 Å². The fourth-order valence-electron chi connectivity index (χ4n) is 6.16. The quantitative estimate of drug-likeness (QED) is 0.592. The second kappa shape index (κ2) is 6.98. The Morgan fingerprint density at radius 1 is 0.828 bits per heavy atom. The minimum absolute atomic E-state index is 0.108. The van der Waals surface area contributed by atoms with E-state index in [0.29, 0.717) is 28.8 Å².